The maximum Gasteiger partial charge on any atom is 0.345 e. The van der Waals surface area contributed by atoms with Crippen molar-refractivity contribution in [1.29, 1.82) is 0 Å². The fourth-order valence-corrected chi connectivity index (χ4v) is 2.72. The average Bonchev–Trinajstić information content (AvgIpc) is 2.39. The van der Waals surface area contributed by atoms with E-state index in [2.05, 4.69) is 15.3 Å². The number of rotatable bonds is 1. The Kier molecular flexibility index (Phi) is 2.94. The van der Waals surface area contributed by atoms with Crippen LogP contribution in [-0.2, 0) is 17.8 Å². The molecule has 0 unspecified atom stereocenters. The summed E-state index contributed by atoms with van der Waals surface area (Å²) < 4.78 is 5.49. The van der Waals surface area contributed by atoms with E-state index in [1.807, 2.05) is 0 Å². The number of hydrogen-bond donors (Lipinski definition) is 2. The molecule has 2 N–H and O–H groups in total. The molecule has 1 fully saturated rings. The number of aromatic amines is 1. The first kappa shape index (κ1) is 10.9. The highest BCUT2D eigenvalue weighted by molar-refractivity contribution is 5.28. The molecule has 5 nitrogen and oxygen atoms in total. The average molecular weight is 235 g/mol. The lowest BCUT2D eigenvalue weighted by atomic mass is 9.90. The third-order valence-corrected chi connectivity index (χ3v) is 3.62. The van der Waals surface area contributed by atoms with Gasteiger partial charge in [-0.15, -0.1) is 0 Å². The third kappa shape index (κ3) is 2.12. The fraction of sp³-hybridized carbons (Fsp3) is 0.667. The van der Waals surface area contributed by atoms with E-state index < -0.39 is 0 Å². The van der Waals surface area contributed by atoms with Gasteiger partial charge in [0.25, 0.3) is 0 Å². The van der Waals surface area contributed by atoms with Crippen LogP contribution in [-0.4, -0.2) is 29.7 Å². The van der Waals surface area contributed by atoms with Crippen LogP contribution in [0, 0.1) is 0 Å². The molecule has 0 aromatic carbocycles. The van der Waals surface area contributed by atoms with Gasteiger partial charge in [-0.25, -0.2) is 4.79 Å². The number of H-pyrrole nitrogens is 1. The van der Waals surface area contributed by atoms with Crippen molar-refractivity contribution < 1.29 is 4.74 Å². The minimum absolute atomic E-state index is 0.209. The van der Waals surface area contributed by atoms with E-state index in [1.165, 1.54) is 0 Å². The summed E-state index contributed by atoms with van der Waals surface area (Å²) in [6.45, 7) is 3.31. The van der Waals surface area contributed by atoms with Gasteiger partial charge < -0.3 is 15.0 Å². The normalized spacial score (nSPS) is 21.2. The molecular formula is C12H17N3O2. The molecule has 1 aromatic heterocycles. The van der Waals surface area contributed by atoms with Crippen LogP contribution < -0.4 is 11.0 Å². The molecule has 0 atom stereocenters. The molecule has 5 heteroatoms. The van der Waals surface area contributed by atoms with Crippen LogP contribution in [0.5, 0.6) is 0 Å². The smallest absolute Gasteiger partial charge is 0.345 e. The van der Waals surface area contributed by atoms with Gasteiger partial charge in [0.2, 0.25) is 0 Å². The van der Waals surface area contributed by atoms with Gasteiger partial charge in [0.1, 0.15) is 0 Å². The molecule has 0 spiro atoms. The van der Waals surface area contributed by atoms with E-state index in [-0.39, 0.29) is 5.69 Å². The van der Waals surface area contributed by atoms with Crippen LogP contribution in [0.4, 0.5) is 0 Å². The second-order valence-corrected chi connectivity index (χ2v) is 4.71. The monoisotopic (exact) mass is 235 g/mol. The summed E-state index contributed by atoms with van der Waals surface area (Å²) in [6.07, 6.45) is 2.91. The minimum atomic E-state index is -0.209. The molecule has 0 radical (unpaired) electrons. The van der Waals surface area contributed by atoms with Gasteiger partial charge in [-0.05, 0) is 25.9 Å². The quantitative estimate of drug-likeness (QED) is 0.735. The molecule has 17 heavy (non-hydrogen) atoms. The van der Waals surface area contributed by atoms with E-state index in [4.69, 9.17) is 4.74 Å². The predicted molar refractivity (Wildman–Crippen MR) is 63.1 cm³/mol. The number of ether oxygens (including phenoxy) is 1. The maximum absolute atomic E-state index is 11.6. The Hall–Kier alpha value is -1.20. The lowest BCUT2D eigenvalue weighted by molar-refractivity contribution is 0.107. The molecule has 2 aliphatic heterocycles. The SMILES string of the molecule is O=c1nc(C2CCNCC2)c2c([nH]1)CCOC2. The molecule has 1 aromatic rings. The highest BCUT2D eigenvalue weighted by Gasteiger charge is 2.24. The van der Waals surface area contributed by atoms with Gasteiger partial charge in [0, 0.05) is 23.6 Å². The maximum atomic E-state index is 11.6. The van der Waals surface area contributed by atoms with Crippen LogP contribution in [0.1, 0.15) is 35.7 Å². The number of nitrogens with zero attached hydrogens (tertiary/aromatic N) is 1. The Balaban J connectivity index is 2.01. The molecule has 1 saturated heterocycles. The van der Waals surface area contributed by atoms with Crippen molar-refractivity contribution in [3.8, 4) is 0 Å². The van der Waals surface area contributed by atoms with Crippen LogP contribution in [0.25, 0.3) is 0 Å². The number of hydrogen-bond acceptors (Lipinski definition) is 4. The molecule has 92 valence electrons. The summed E-state index contributed by atoms with van der Waals surface area (Å²) in [6, 6.07) is 0. The second-order valence-electron chi connectivity index (χ2n) is 4.71. The Bertz CT molecular complexity index is 463. The Labute approximate surface area is 99.6 Å². The van der Waals surface area contributed by atoms with Gasteiger partial charge in [-0.2, -0.15) is 4.98 Å². The van der Waals surface area contributed by atoms with Crippen molar-refractivity contribution in [2.45, 2.75) is 31.8 Å². The van der Waals surface area contributed by atoms with Crippen LogP contribution in [0.2, 0.25) is 0 Å². The zero-order chi connectivity index (χ0) is 11.7. The van der Waals surface area contributed by atoms with Crippen molar-refractivity contribution in [2.75, 3.05) is 19.7 Å². The van der Waals surface area contributed by atoms with Gasteiger partial charge in [0.05, 0.1) is 18.9 Å². The molecule has 0 amide bonds. The highest BCUT2D eigenvalue weighted by Crippen LogP contribution is 2.28. The van der Waals surface area contributed by atoms with Crippen LogP contribution in [0.3, 0.4) is 0 Å². The lowest BCUT2D eigenvalue weighted by Crippen LogP contribution is -2.31. The molecule has 2 aliphatic rings. The Morgan fingerprint density at radius 2 is 2.12 bits per heavy atom. The van der Waals surface area contributed by atoms with Crippen molar-refractivity contribution in [3.05, 3.63) is 27.4 Å². The van der Waals surface area contributed by atoms with Gasteiger partial charge >= 0.3 is 5.69 Å². The van der Waals surface area contributed by atoms with Crippen molar-refractivity contribution in [2.24, 2.45) is 0 Å². The first-order valence-electron chi connectivity index (χ1n) is 6.25. The van der Waals surface area contributed by atoms with Crippen LogP contribution >= 0.6 is 0 Å². The number of fused-ring (bicyclic) bond motifs is 1. The molecule has 3 rings (SSSR count). The second kappa shape index (κ2) is 4.58. The number of aromatic nitrogens is 2. The zero-order valence-corrected chi connectivity index (χ0v) is 9.79. The first-order chi connectivity index (χ1) is 8.34. The summed E-state index contributed by atoms with van der Waals surface area (Å²) in [7, 11) is 0. The molecule has 3 heterocycles. The first-order valence-corrected chi connectivity index (χ1v) is 6.25. The largest absolute Gasteiger partial charge is 0.376 e. The predicted octanol–water partition coefficient (Wildman–Crippen LogP) is 0.310. The molecular weight excluding hydrogens is 218 g/mol. The summed E-state index contributed by atoms with van der Waals surface area (Å²) >= 11 is 0. The summed E-state index contributed by atoms with van der Waals surface area (Å²) in [5.41, 5.74) is 2.93. The summed E-state index contributed by atoms with van der Waals surface area (Å²) in [4.78, 5) is 18.6. The zero-order valence-electron chi connectivity index (χ0n) is 9.79. The van der Waals surface area contributed by atoms with E-state index in [1.54, 1.807) is 0 Å². The Morgan fingerprint density at radius 1 is 1.29 bits per heavy atom. The molecule has 0 aliphatic carbocycles. The van der Waals surface area contributed by atoms with Gasteiger partial charge in [-0.1, -0.05) is 0 Å². The standard InChI is InChI=1S/C12H17N3O2/c16-12-14-10-3-6-17-7-9(10)11(15-12)8-1-4-13-5-2-8/h8,13H,1-7H2,(H,14,15,16). The highest BCUT2D eigenvalue weighted by atomic mass is 16.5. The summed E-state index contributed by atoms with van der Waals surface area (Å²) in [5, 5.41) is 3.33. The van der Waals surface area contributed by atoms with Crippen molar-refractivity contribution in [3.63, 3.8) is 0 Å². The molecule has 0 saturated carbocycles. The Morgan fingerprint density at radius 3 is 2.94 bits per heavy atom. The van der Waals surface area contributed by atoms with Gasteiger partial charge in [-0.3, -0.25) is 0 Å². The fourth-order valence-electron chi connectivity index (χ4n) is 2.72. The van der Waals surface area contributed by atoms with E-state index in [0.717, 1.165) is 49.3 Å². The number of piperidine rings is 1. The summed E-state index contributed by atoms with van der Waals surface area (Å²) in [5.74, 6) is 0.411. The number of nitrogens with one attached hydrogen (secondary N) is 2. The van der Waals surface area contributed by atoms with Gasteiger partial charge in [0.15, 0.2) is 0 Å². The van der Waals surface area contributed by atoms with E-state index >= 15 is 0 Å². The van der Waals surface area contributed by atoms with E-state index in [0.29, 0.717) is 19.1 Å². The molecule has 0 bridgehead atoms. The lowest BCUT2D eigenvalue weighted by Gasteiger charge is -2.26. The van der Waals surface area contributed by atoms with Crippen LogP contribution in [0.15, 0.2) is 4.79 Å². The third-order valence-electron chi connectivity index (χ3n) is 3.62. The van der Waals surface area contributed by atoms with Crippen molar-refractivity contribution >= 4 is 0 Å². The minimum Gasteiger partial charge on any atom is -0.376 e. The topological polar surface area (TPSA) is 67.0 Å². The van der Waals surface area contributed by atoms with Crippen molar-refractivity contribution in [1.82, 2.24) is 15.3 Å². The van der Waals surface area contributed by atoms with E-state index in [9.17, 15) is 4.79 Å².